The average molecular weight is 839 g/mol. The molecule has 3 amide bonds. The fourth-order valence-corrected chi connectivity index (χ4v) is 7.05. The first-order chi connectivity index (χ1) is 27.0. The van der Waals surface area contributed by atoms with Gasteiger partial charge in [-0.2, -0.15) is 9.97 Å². The zero-order chi connectivity index (χ0) is 42.2. The number of carbonyl (C=O) groups excluding carboxylic acids is 3. The molecular formula is C33H46N10O12S2. The van der Waals surface area contributed by atoms with Crippen LogP contribution < -0.4 is 32.7 Å². The normalized spacial score (nSPS) is 15.0. The van der Waals surface area contributed by atoms with E-state index in [1.54, 1.807) is 12.1 Å². The highest BCUT2D eigenvalue weighted by Crippen LogP contribution is 2.24. The topological polar surface area (TPSA) is 379 Å². The zero-order valence-corrected chi connectivity index (χ0v) is 32.1. The van der Waals surface area contributed by atoms with E-state index < -0.39 is 85.2 Å². The van der Waals surface area contributed by atoms with Gasteiger partial charge in [0, 0.05) is 41.6 Å². The van der Waals surface area contributed by atoms with Crippen LogP contribution in [-0.2, 0) is 25.7 Å². The van der Waals surface area contributed by atoms with Crippen LogP contribution in [0.2, 0.25) is 0 Å². The number of carboxylic acid groups (broad SMARTS) is 2. The van der Waals surface area contributed by atoms with Crippen molar-refractivity contribution in [2.75, 3.05) is 41.4 Å². The van der Waals surface area contributed by atoms with Gasteiger partial charge >= 0.3 is 11.9 Å². The number of carboxylic acids is 2. The third-order valence-electron chi connectivity index (χ3n) is 8.23. The van der Waals surface area contributed by atoms with E-state index in [4.69, 9.17) is 16.6 Å². The second-order valence-corrected chi connectivity index (χ2v) is 15.3. The Morgan fingerprint density at radius 3 is 2.16 bits per heavy atom. The van der Waals surface area contributed by atoms with Crippen LogP contribution >= 0.6 is 21.6 Å². The van der Waals surface area contributed by atoms with Crippen molar-refractivity contribution in [2.24, 2.45) is 5.92 Å². The van der Waals surface area contributed by atoms with Gasteiger partial charge < -0.3 is 68.5 Å². The number of nitrogens with zero attached hydrogens (tertiary/aromatic N) is 4. The summed E-state index contributed by atoms with van der Waals surface area (Å²) in [5.41, 5.74) is 13.4. The molecule has 2 heterocycles. The van der Waals surface area contributed by atoms with E-state index in [0.29, 0.717) is 16.9 Å². The highest BCUT2D eigenvalue weighted by atomic mass is 33.1. The lowest BCUT2D eigenvalue weighted by atomic mass is 10.0. The molecule has 7 atom stereocenters. The van der Waals surface area contributed by atoms with Gasteiger partial charge in [0.1, 0.15) is 30.4 Å². The average Bonchev–Trinajstić information content (AvgIpc) is 3.18. The summed E-state index contributed by atoms with van der Waals surface area (Å²) in [5.74, 6) is -5.02. The molecule has 0 aliphatic heterocycles. The summed E-state index contributed by atoms with van der Waals surface area (Å²) >= 11 is 0. The number of nitrogens with one attached hydrogen (secondary N) is 4. The molecule has 0 saturated carbocycles. The maximum absolute atomic E-state index is 12.8. The fraction of sp³-hybridized carbons (Fsp3) is 0.485. The smallest absolute Gasteiger partial charge is 0.327 e. The summed E-state index contributed by atoms with van der Waals surface area (Å²) in [5, 5.41) is 77.2. The summed E-state index contributed by atoms with van der Waals surface area (Å²) in [6, 6.07) is 3.74. The van der Waals surface area contributed by atoms with Crippen LogP contribution in [0.15, 0.2) is 30.5 Å². The van der Waals surface area contributed by atoms with E-state index in [1.807, 2.05) is 0 Å². The van der Waals surface area contributed by atoms with Crippen LogP contribution in [-0.4, -0.2) is 146 Å². The number of anilines is 3. The Labute approximate surface area is 333 Å². The molecule has 22 nitrogen and oxygen atoms in total. The van der Waals surface area contributed by atoms with Crippen LogP contribution in [0, 0.1) is 5.92 Å². The number of hydrogen-bond acceptors (Lipinski definition) is 19. The standard InChI is InChI=1S/C33H46N10O12S2/c1-15(2-7-23(47)37-12-21(45)25(48)26(49)22(46)13-44)29(50)41-20(32(54)55)14-57-56-9-8-19(31(52)53)40-30(51)16-3-5-17(6-4-16)36-10-18-11-38-28-24(39-18)27(34)42-33(35)43-28/h3-6,11,15,19-22,25-26,36,44-46,48-49H,2,7-10,12-14H2,1H3,(H,37,47)(H,40,51)(H,41,50)(H,52,53)(H,54,55)(H4,34,35,38,42,43)/t15-,19-,20-,21-,22+,25+,26+/m0/s1. The van der Waals surface area contributed by atoms with Gasteiger partial charge in [0.2, 0.25) is 17.8 Å². The first kappa shape index (κ1) is 46.3. The van der Waals surface area contributed by atoms with Crippen LogP contribution in [0.4, 0.5) is 17.5 Å². The highest BCUT2D eigenvalue weighted by molar-refractivity contribution is 8.76. The number of aliphatic hydroxyl groups is 5. The molecule has 0 fully saturated rings. The first-order valence-corrected chi connectivity index (χ1v) is 19.8. The largest absolute Gasteiger partial charge is 0.480 e. The molecule has 1 aromatic carbocycles. The lowest BCUT2D eigenvalue weighted by molar-refractivity contribution is -0.141. The van der Waals surface area contributed by atoms with Crippen molar-refractivity contribution < 1.29 is 59.7 Å². The van der Waals surface area contributed by atoms with E-state index in [0.717, 1.165) is 21.6 Å². The van der Waals surface area contributed by atoms with Crippen molar-refractivity contribution in [3.05, 3.63) is 41.7 Å². The Balaban J connectivity index is 1.38. The lowest BCUT2D eigenvalue weighted by Crippen LogP contribution is -2.49. The maximum Gasteiger partial charge on any atom is 0.327 e. The lowest BCUT2D eigenvalue weighted by Gasteiger charge is -2.25. The van der Waals surface area contributed by atoms with Crippen molar-refractivity contribution in [1.29, 1.82) is 0 Å². The molecule has 24 heteroatoms. The molecule has 0 bridgehead atoms. The molecule has 3 aromatic rings. The molecule has 2 aromatic heterocycles. The first-order valence-electron chi connectivity index (χ1n) is 17.3. The molecule has 0 aliphatic carbocycles. The zero-order valence-electron chi connectivity index (χ0n) is 30.5. The molecule has 0 spiro atoms. The fourth-order valence-electron chi connectivity index (χ4n) is 4.80. The van der Waals surface area contributed by atoms with Gasteiger partial charge in [-0.3, -0.25) is 14.4 Å². The van der Waals surface area contributed by atoms with Gasteiger partial charge in [0.05, 0.1) is 31.1 Å². The summed E-state index contributed by atoms with van der Waals surface area (Å²) in [6.07, 6.45) is -5.75. The predicted molar refractivity (Wildman–Crippen MR) is 208 cm³/mol. The summed E-state index contributed by atoms with van der Waals surface area (Å²) in [6.45, 7) is 0.386. The van der Waals surface area contributed by atoms with Crippen molar-refractivity contribution in [1.82, 2.24) is 35.9 Å². The van der Waals surface area contributed by atoms with Gasteiger partial charge in [-0.05, 0) is 37.1 Å². The van der Waals surface area contributed by atoms with Gasteiger partial charge in [0.25, 0.3) is 5.91 Å². The molecule has 0 unspecified atom stereocenters. The number of carbonyl (C=O) groups is 5. The van der Waals surface area contributed by atoms with Gasteiger partial charge in [-0.15, -0.1) is 0 Å². The number of benzene rings is 1. The third kappa shape index (κ3) is 14.7. The van der Waals surface area contributed by atoms with Crippen molar-refractivity contribution >= 4 is 79.9 Å². The maximum atomic E-state index is 12.8. The molecule has 0 saturated heterocycles. The van der Waals surface area contributed by atoms with Crippen molar-refractivity contribution in [3.8, 4) is 0 Å². The van der Waals surface area contributed by atoms with E-state index >= 15 is 0 Å². The Morgan fingerprint density at radius 1 is 0.842 bits per heavy atom. The monoisotopic (exact) mass is 838 g/mol. The predicted octanol–water partition coefficient (Wildman–Crippen LogP) is -2.31. The Bertz CT molecular complexity index is 1850. The summed E-state index contributed by atoms with van der Waals surface area (Å²) in [7, 11) is 2.24. The molecule has 312 valence electrons. The number of rotatable bonds is 24. The minimum atomic E-state index is -1.86. The number of amides is 3. The number of nitrogen functional groups attached to an aromatic ring is 2. The highest BCUT2D eigenvalue weighted by Gasteiger charge is 2.30. The minimum Gasteiger partial charge on any atom is -0.480 e. The summed E-state index contributed by atoms with van der Waals surface area (Å²) in [4.78, 5) is 77.8. The van der Waals surface area contributed by atoms with Gasteiger partial charge in [0.15, 0.2) is 17.0 Å². The number of aliphatic carboxylic acids is 2. The van der Waals surface area contributed by atoms with Crippen LogP contribution in [0.3, 0.4) is 0 Å². The van der Waals surface area contributed by atoms with E-state index in [2.05, 4.69) is 41.2 Å². The quantitative estimate of drug-likeness (QED) is 0.0333. The van der Waals surface area contributed by atoms with Gasteiger partial charge in [-0.1, -0.05) is 28.5 Å². The molecule has 3 rings (SSSR count). The van der Waals surface area contributed by atoms with Crippen LogP contribution in [0.5, 0.6) is 0 Å². The number of nitrogens with two attached hydrogens (primary N) is 2. The van der Waals surface area contributed by atoms with E-state index in [1.165, 1.54) is 25.3 Å². The number of aromatic nitrogens is 4. The minimum absolute atomic E-state index is 0.00497. The van der Waals surface area contributed by atoms with Crippen molar-refractivity contribution in [3.63, 3.8) is 0 Å². The van der Waals surface area contributed by atoms with E-state index in [9.17, 15) is 54.6 Å². The third-order valence-corrected chi connectivity index (χ3v) is 10.7. The van der Waals surface area contributed by atoms with Crippen LogP contribution in [0.25, 0.3) is 11.2 Å². The number of fused-ring (bicyclic) bond motifs is 1. The molecule has 0 aliphatic rings. The number of aliphatic hydroxyl groups excluding tert-OH is 5. The molecule has 15 N–H and O–H groups in total. The molecular weight excluding hydrogens is 793 g/mol. The SMILES string of the molecule is C[C@@H](CCC(=O)NC[C@H](O)[C@@H](O)[C@H](O)[C@H](O)CO)C(=O)N[C@@H](CSSCC[C@H](NC(=O)c1ccc(NCc2cnc3nc(N)nc(N)c3n2)cc1)C(=O)O)C(=O)O. The Hall–Kier alpha value is -5.11. The molecule has 0 radical (unpaired) electrons. The second kappa shape index (κ2) is 22.6. The van der Waals surface area contributed by atoms with Crippen LogP contribution in [0.1, 0.15) is 42.2 Å². The Morgan fingerprint density at radius 2 is 1.51 bits per heavy atom. The van der Waals surface area contributed by atoms with E-state index in [-0.39, 0.29) is 60.3 Å². The second-order valence-electron chi connectivity index (χ2n) is 12.6. The summed E-state index contributed by atoms with van der Waals surface area (Å²) < 4.78 is 0. The molecule has 57 heavy (non-hydrogen) atoms. The van der Waals surface area contributed by atoms with Gasteiger partial charge in [-0.25, -0.2) is 19.6 Å². The Kier molecular flexibility index (Phi) is 18.3. The number of hydrogen-bond donors (Lipinski definition) is 13. The van der Waals surface area contributed by atoms with Crippen molar-refractivity contribution in [2.45, 2.75) is 69.2 Å².